The van der Waals surface area contributed by atoms with Gasteiger partial charge >= 0.3 is 0 Å². The fourth-order valence-electron chi connectivity index (χ4n) is 4.54. The fraction of sp³-hybridized carbons (Fsp3) is 0.458. The molecule has 0 aromatic heterocycles. The third-order valence-electron chi connectivity index (χ3n) is 6.28. The highest BCUT2D eigenvalue weighted by Gasteiger charge is 2.28. The second-order valence-electron chi connectivity index (χ2n) is 8.69. The molecule has 1 fully saturated rings. The monoisotopic (exact) mass is 441 g/mol. The molecule has 0 saturated carbocycles. The molecule has 31 heavy (non-hydrogen) atoms. The minimum Gasteiger partial charge on any atom is -0.351 e. The Balaban J connectivity index is 1.39. The summed E-state index contributed by atoms with van der Waals surface area (Å²) in [7, 11) is -3.66. The van der Waals surface area contributed by atoms with E-state index in [-0.39, 0.29) is 10.8 Å². The molecule has 1 saturated heterocycles. The summed E-state index contributed by atoms with van der Waals surface area (Å²) in [6.07, 6.45) is 3.17. The van der Waals surface area contributed by atoms with Crippen molar-refractivity contribution in [2.24, 2.45) is 5.92 Å². The van der Waals surface area contributed by atoms with Crippen molar-refractivity contribution in [3.63, 3.8) is 0 Å². The van der Waals surface area contributed by atoms with E-state index in [0.717, 1.165) is 25.2 Å². The number of rotatable bonds is 6. The van der Waals surface area contributed by atoms with Gasteiger partial charge in [-0.15, -0.1) is 0 Å². The molecule has 0 radical (unpaired) electrons. The van der Waals surface area contributed by atoms with Gasteiger partial charge in [-0.05, 0) is 61.1 Å². The van der Waals surface area contributed by atoms with Gasteiger partial charge in [0.15, 0.2) is 0 Å². The van der Waals surface area contributed by atoms with Gasteiger partial charge in [0.2, 0.25) is 10.0 Å². The van der Waals surface area contributed by atoms with Crippen LogP contribution in [0.2, 0.25) is 0 Å². The number of amides is 1. The average Bonchev–Trinajstić information content (AvgIpc) is 2.79. The molecule has 2 aliphatic rings. The summed E-state index contributed by atoms with van der Waals surface area (Å²) < 4.78 is 27.9. The van der Waals surface area contributed by atoms with Gasteiger partial charge in [-0.3, -0.25) is 4.79 Å². The van der Waals surface area contributed by atoms with E-state index in [1.54, 1.807) is 18.2 Å². The van der Waals surface area contributed by atoms with Gasteiger partial charge < -0.3 is 10.2 Å². The van der Waals surface area contributed by atoms with Crippen LogP contribution in [0, 0.1) is 5.92 Å². The van der Waals surface area contributed by atoms with Crippen molar-refractivity contribution in [1.82, 2.24) is 14.5 Å². The van der Waals surface area contributed by atoms with E-state index >= 15 is 0 Å². The molecule has 0 spiro atoms. The molecule has 4 rings (SSSR count). The van der Waals surface area contributed by atoms with Crippen molar-refractivity contribution in [1.29, 1.82) is 0 Å². The van der Waals surface area contributed by atoms with Crippen molar-refractivity contribution in [2.75, 3.05) is 32.7 Å². The van der Waals surface area contributed by atoms with Gasteiger partial charge in [0.05, 0.1) is 4.90 Å². The molecule has 1 amide bonds. The predicted octanol–water partition coefficient (Wildman–Crippen LogP) is 2.90. The number of sulfonamides is 1. The maximum Gasteiger partial charge on any atom is 0.251 e. The Morgan fingerprint density at radius 3 is 2.71 bits per heavy atom. The first-order valence-electron chi connectivity index (χ1n) is 11.1. The van der Waals surface area contributed by atoms with Crippen LogP contribution in [0.3, 0.4) is 0 Å². The first-order chi connectivity index (χ1) is 14.9. The van der Waals surface area contributed by atoms with Crippen LogP contribution in [0.25, 0.3) is 0 Å². The first kappa shape index (κ1) is 22.0. The maximum absolute atomic E-state index is 13.2. The first-order valence-corrected chi connectivity index (χ1v) is 12.5. The Morgan fingerprint density at radius 2 is 1.90 bits per heavy atom. The molecular weight excluding hydrogens is 410 g/mol. The van der Waals surface area contributed by atoms with Crippen LogP contribution in [0.4, 0.5) is 0 Å². The Morgan fingerprint density at radius 1 is 1.10 bits per heavy atom. The van der Waals surface area contributed by atoms with Crippen LogP contribution in [0.5, 0.6) is 0 Å². The highest BCUT2D eigenvalue weighted by atomic mass is 32.2. The zero-order chi connectivity index (χ0) is 21.8. The van der Waals surface area contributed by atoms with E-state index in [4.69, 9.17) is 0 Å². The van der Waals surface area contributed by atoms with E-state index < -0.39 is 10.0 Å². The van der Waals surface area contributed by atoms with Crippen molar-refractivity contribution in [2.45, 2.75) is 37.6 Å². The van der Waals surface area contributed by atoms with Crippen molar-refractivity contribution in [3.8, 4) is 0 Å². The lowest BCUT2D eigenvalue weighted by Gasteiger charge is -2.30. The summed E-state index contributed by atoms with van der Waals surface area (Å²) in [4.78, 5) is 15.2. The molecule has 0 bridgehead atoms. The molecule has 0 unspecified atom stereocenters. The third-order valence-corrected chi connectivity index (χ3v) is 8.13. The van der Waals surface area contributed by atoms with Crippen molar-refractivity contribution >= 4 is 15.9 Å². The SMILES string of the molecule is C[C@@H]1CCCN(CCNC(=O)c2cccc(S(=O)(=O)N3CCc4ccccc4C3)c2)C1. The topological polar surface area (TPSA) is 69.7 Å². The predicted molar refractivity (Wildman–Crippen MR) is 121 cm³/mol. The Kier molecular flexibility index (Phi) is 6.74. The highest BCUT2D eigenvalue weighted by Crippen LogP contribution is 2.25. The number of piperidine rings is 1. The summed E-state index contributed by atoms with van der Waals surface area (Å²) >= 11 is 0. The van der Waals surface area contributed by atoms with E-state index in [0.29, 0.717) is 37.5 Å². The minimum absolute atomic E-state index is 0.171. The number of benzene rings is 2. The largest absolute Gasteiger partial charge is 0.351 e. The number of likely N-dealkylation sites (tertiary alicyclic amines) is 1. The van der Waals surface area contributed by atoms with Crippen LogP contribution in [-0.4, -0.2) is 56.3 Å². The minimum atomic E-state index is -3.66. The van der Waals surface area contributed by atoms with E-state index in [1.807, 2.05) is 18.2 Å². The number of fused-ring (bicyclic) bond motifs is 1. The van der Waals surface area contributed by atoms with Gasteiger partial charge in [0, 0.05) is 38.3 Å². The molecule has 6 nitrogen and oxygen atoms in total. The molecule has 2 aromatic carbocycles. The summed E-state index contributed by atoms with van der Waals surface area (Å²) in [5, 5.41) is 2.94. The normalized spacial score (nSPS) is 20.2. The molecule has 1 N–H and O–H groups in total. The lowest BCUT2D eigenvalue weighted by molar-refractivity contribution is 0.0943. The smallest absolute Gasteiger partial charge is 0.251 e. The third kappa shape index (κ3) is 5.17. The summed E-state index contributed by atoms with van der Waals surface area (Å²) in [5.74, 6) is 0.471. The number of hydrogen-bond acceptors (Lipinski definition) is 4. The van der Waals surface area contributed by atoms with Gasteiger partial charge in [-0.1, -0.05) is 37.3 Å². The van der Waals surface area contributed by atoms with Gasteiger partial charge in [0.1, 0.15) is 0 Å². The quantitative estimate of drug-likeness (QED) is 0.748. The fourth-order valence-corrected chi connectivity index (χ4v) is 6.01. The zero-order valence-corrected chi connectivity index (χ0v) is 18.9. The van der Waals surface area contributed by atoms with E-state index in [2.05, 4.69) is 23.2 Å². The Labute approximate surface area is 185 Å². The zero-order valence-electron chi connectivity index (χ0n) is 18.1. The molecule has 166 valence electrons. The highest BCUT2D eigenvalue weighted by molar-refractivity contribution is 7.89. The van der Waals surface area contributed by atoms with Crippen LogP contribution < -0.4 is 5.32 Å². The number of hydrogen-bond donors (Lipinski definition) is 1. The lowest BCUT2D eigenvalue weighted by Crippen LogP contribution is -2.40. The van der Waals surface area contributed by atoms with Gasteiger partial charge in [-0.2, -0.15) is 4.31 Å². The van der Waals surface area contributed by atoms with Crippen LogP contribution in [0.1, 0.15) is 41.3 Å². The molecule has 2 heterocycles. The number of nitrogens with one attached hydrogen (secondary N) is 1. The molecule has 0 aliphatic carbocycles. The van der Waals surface area contributed by atoms with Gasteiger partial charge in [0.25, 0.3) is 5.91 Å². The van der Waals surface area contributed by atoms with Crippen molar-refractivity contribution in [3.05, 3.63) is 65.2 Å². The summed E-state index contributed by atoms with van der Waals surface area (Å²) in [5.41, 5.74) is 2.62. The summed E-state index contributed by atoms with van der Waals surface area (Å²) in [6, 6.07) is 14.3. The number of carbonyl (C=O) groups excluding carboxylic acids is 1. The molecule has 1 atom stereocenters. The maximum atomic E-state index is 13.2. The number of carbonyl (C=O) groups is 1. The standard InChI is InChI=1S/C24H31N3O3S/c1-19-6-5-13-26(17-19)15-12-25-24(28)21-9-4-10-23(16-21)31(29,30)27-14-11-20-7-2-3-8-22(20)18-27/h2-4,7-10,16,19H,5-6,11-15,17-18H2,1H3,(H,25,28)/t19-/m1/s1. The molecule has 2 aliphatic heterocycles. The number of nitrogens with zero attached hydrogens (tertiary/aromatic N) is 2. The second-order valence-corrected chi connectivity index (χ2v) is 10.6. The summed E-state index contributed by atoms with van der Waals surface area (Å²) in [6.45, 7) is 6.60. The molecule has 7 heteroatoms. The van der Waals surface area contributed by atoms with Gasteiger partial charge in [-0.25, -0.2) is 8.42 Å². The Bertz CT molecular complexity index is 1040. The molecule has 2 aromatic rings. The Hall–Kier alpha value is -2.22. The lowest BCUT2D eigenvalue weighted by atomic mass is 10.0. The second kappa shape index (κ2) is 9.51. The van der Waals surface area contributed by atoms with Crippen molar-refractivity contribution < 1.29 is 13.2 Å². The molecular formula is C24H31N3O3S. The van der Waals surface area contributed by atoms with Crippen LogP contribution >= 0.6 is 0 Å². The van der Waals surface area contributed by atoms with E-state index in [9.17, 15) is 13.2 Å². The van der Waals surface area contributed by atoms with E-state index in [1.165, 1.54) is 28.8 Å². The van der Waals surface area contributed by atoms with Crippen LogP contribution in [-0.2, 0) is 23.0 Å². The average molecular weight is 442 g/mol. The van der Waals surface area contributed by atoms with Crippen LogP contribution in [0.15, 0.2) is 53.4 Å².